The highest BCUT2D eigenvalue weighted by molar-refractivity contribution is 6.09. The molecule has 2 N–H and O–H groups in total. The van der Waals surface area contributed by atoms with E-state index in [0.717, 1.165) is 21.8 Å². The maximum atomic E-state index is 12.9. The predicted molar refractivity (Wildman–Crippen MR) is 115 cm³/mol. The molecule has 0 radical (unpaired) electrons. The molecule has 1 atom stereocenters. The molecule has 1 fully saturated rings. The third-order valence-corrected chi connectivity index (χ3v) is 5.28. The lowest BCUT2D eigenvalue weighted by atomic mass is 9.92. The maximum absolute atomic E-state index is 12.9. The Morgan fingerprint density at radius 1 is 1.06 bits per heavy atom. The van der Waals surface area contributed by atoms with Gasteiger partial charge < -0.3 is 20.1 Å². The fourth-order valence-electron chi connectivity index (χ4n) is 3.58. The molecule has 8 heteroatoms. The lowest BCUT2D eigenvalue weighted by molar-refractivity contribution is -0.134. The Morgan fingerprint density at radius 2 is 1.77 bits per heavy atom. The van der Waals surface area contributed by atoms with E-state index >= 15 is 0 Å². The second-order valence-electron chi connectivity index (χ2n) is 7.59. The molecule has 4 amide bonds. The first-order chi connectivity index (χ1) is 14.9. The molecule has 0 aliphatic carbocycles. The molecule has 0 aromatic heterocycles. The van der Waals surface area contributed by atoms with Gasteiger partial charge in [-0.05, 0) is 42.7 Å². The summed E-state index contributed by atoms with van der Waals surface area (Å²) in [5.41, 5.74) is 0.696. The van der Waals surface area contributed by atoms with Gasteiger partial charge in [0.2, 0.25) is 5.91 Å². The third kappa shape index (κ3) is 5.14. The Kier molecular flexibility index (Phi) is 6.79. The van der Waals surface area contributed by atoms with E-state index in [1.165, 1.54) is 0 Å². The number of nitrogens with zero attached hydrogens (tertiary/aromatic N) is 1. The fourth-order valence-corrected chi connectivity index (χ4v) is 3.58. The van der Waals surface area contributed by atoms with Crippen molar-refractivity contribution in [2.45, 2.75) is 25.3 Å². The number of carbonyl (C=O) groups is 3. The molecule has 8 nitrogen and oxygen atoms in total. The van der Waals surface area contributed by atoms with Crippen LogP contribution in [-0.4, -0.2) is 55.6 Å². The van der Waals surface area contributed by atoms with E-state index in [-0.39, 0.29) is 13.0 Å². The number of rotatable bonds is 9. The predicted octanol–water partition coefficient (Wildman–Crippen LogP) is 1.92. The quantitative estimate of drug-likeness (QED) is 0.599. The second kappa shape index (κ2) is 9.51. The normalized spacial score (nSPS) is 18.0. The summed E-state index contributed by atoms with van der Waals surface area (Å²) in [7, 11) is 3.16. The van der Waals surface area contributed by atoms with Crippen LogP contribution in [0.5, 0.6) is 11.5 Å². The summed E-state index contributed by atoms with van der Waals surface area (Å²) < 4.78 is 10.5. The van der Waals surface area contributed by atoms with Crippen LogP contribution in [0, 0.1) is 0 Å². The van der Waals surface area contributed by atoms with Gasteiger partial charge in [-0.3, -0.25) is 14.5 Å². The molecule has 3 rings (SSSR count). The van der Waals surface area contributed by atoms with E-state index in [0.29, 0.717) is 18.7 Å². The summed E-state index contributed by atoms with van der Waals surface area (Å²) in [5, 5.41) is 5.48. The topological polar surface area (TPSA) is 97.0 Å². The van der Waals surface area contributed by atoms with Gasteiger partial charge in [0.25, 0.3) is 5.91 Å². The van der Waals surface area contributed by atoms with Crippen molar-refractivity contribution in [2.75, 3.05) is 27.3 Å². The van der Waals surface area contributed by atoms with Crippen molar-refractivity contribution < 1.29 is 23.9 Å². The van der Waals surface area contributed by atoms with Gasteiger partial charge in [-0.2, -0.15) is 0 Å². The fraction of sp³-hybridized carbons (Fsp3) is 0.348. The zero-order valence-corrected chi connectivity index (χ0v) is 17.9. The van der Waals surface area contributed by atoms with Crippen LogP contribution in [0.1, 0.15) is 18.1 Å². The van der Waals surface area contributed by atoms with Crippen LogP contribution in [0.2, 0.25) is 0 Å². The molecule has 0 unspecified atom stereocenters. The first kappa shape index (κ1) is 22.1. The Balaban J connectivity index is 1.55. The monoisotopic (exact) mass is 425 g/mol. The molecular weight excluding hydrogens is 398 g/mol. The molecular formula is C23H27N3O5. The van der Waals surface area contributed by atoms with E-state index < -0.39 is 23.4 Å². The summed E-state index contributed by atoms with van der Waals surface area (Å²) in [5.74, 6) is 0.579. The number of ether oxygens (including phenoxy) is 2. The second-order valence-corrected chi connectivity index (χ2v) is 7.59. The van der Waals surface area contributed by atoms with Gasteiger partial charge in [0.1, 0.15) is 23.6 Å². The summed E-state index contributed by atoms with van der Waals surface area (Å²) in [6.07, 6.45) is 0.887. The van der Waals surface area contributed by atoms with Crippen LogP contribution in [0.25, 0.3) is 0 Å². The van der Waals surface area contributed by atoms with E-state index in [2.05, 4.69) is 10.6 Å². The molecule has 1 aliphatic heterocycles. The van der Waals surface area contributed by atoms with E-state index in [1.807, 2.05) is 42.5 Å². The van der Waals surface area contributed by atoms with Crippen LogP contribution in [0.3, 0.4) is 0 Å². The van der Waals surface area contributed by atoms with Gasteiger partial charge in [-0.1, -0.05) is 30.3 Å². The number of imide groups is 1. The molecule has 164 valence electrons. The average Bonchev–Trinajstić information content (AvgIpc) is 2.97. The number of urea groups is 1. The smallest absolute Gasteiger partial charge is 0.325 e. The van der Waals surface area contributed by atoms with Crippen molar-refractivity contribution in [1.82, 2.24) is 15.5 Å². The lowest BCUT2D eigenvalue weighted by Crippen LogP contribution is -2.47. The molecule has 0 spiro atoms. The van der Waals surface area contributed by atoms with Gasteiger partial charge in [0.15, 0.2) is 0 Å². The van der Waals surface area contributed by atoms with Crippen molar-refractivity contribution in [2.24, 2.45) is 0 Å². The highest BCUT2D eigenvalue weighted by Crippen LogP contribution is 2.27. The minimum absolute atomic E-state index is 0.261. The highest BCUT2D eigenvalue weighted by Gasteiger charge is 2.48. The summed E-state index contributed by atoms with van der Waals surface area (Å²) in [4.78, 5) is 38.6. The van der Waals surface area contributed by atoms with Crippen LogP contribution in [0.4, 0.5) is 4.79 Å². The number of carbonyl (C=O) groups excluding carboxylic acids is 3. The summed E-state index contributed by atoms with van der Waals surface area (Å²) in [6.45, 7) is 1.73. The third-order valence-electron chi connectivity index (χ3n) is 5.28. The highest BCUT2D eigenvalue weighted by atomic mass is 16.5. The van der Waals surface area contributed by atoms with Gasteiger partial charge in [0, 0.05) is 13.0 Å². The lowest BCUT2D eigenvalue weighted by Gasteiger charge is -2.22. The van der Waals surface area contributed by atoms with Crippen LogP contribution in [0.15, 0.2) is 48.5 Å². The summed E-state index contributed by atoms with van der Waals surface area (Å²) >= 11 is 0. The van der Waals surface area contributed by atoms with Crippen molar-refractivity contribution in [1.29, 1.82) is 0 Å². The molecule has 1 saturated heterocycles. The summed E-state index contributed by atoms with van der Waals surface area (Å²) in [6, 6.07) is 14.3. The Bertz CT molecular complexity index is 960. The van der Waals surface area contributed by atoms with Gasteiger partial charge in [-0.25, -0.2) is 4.79 Å². The largest absolute Gasteiger partial charge is 0.497 e. The number of benzene rings is 2. The zero-order valence-electron chi connectivity index (χ0n) is 17.9. The number of hydrogen-bond donors (Lipinski definition) is 2. The average molecular weight is 425 g/mol. The number of nitrogens with one attached hydrogen (secondary N) is 2. The number of amides is 4. The standard InChI is InChI=1S/C23H27N3O5/c1-23(14-17-6-4-5-7-19(17)31-3)21(28)26(22(29)25-23)15-20(27)24-13-12-16-8-10-18(30-2)11-9-16/h4-11H,12-15H2,1-3H3,(H,24,27)(H,25,29)/t23-/m0/s1. The van der Waals surface area contributed by atoms with Crippen LogP contribution >= 0.6 is 0 Å². The van der Waals surface area contributed by atoms with Crippen molar-refractivity contribution in [3.05, 3.63) is 59.7 Å². The minimum Gasteiger partial charge on any atom is -0.497 e. The molecule has 1 heterocycles. The number of hydrogen-bond acceptors (Lipinski definition) is 5. The van der Waals surface area contributed by atoms with Crippen LogP contribution in [-0.2, 0) is 22.4 Å². The number of methoxy groups -OCH3 is 2. The molecule has 2 aromatic rings. The van der Waals surface area contributed by atoms with Gasteiger partial charge >= 0.3 is 6.03 Å². The maximum Gasteiger partial charge on any atom is 0.325 e. The molecule has 1 aliphatic rings. The van der Waals surface area contributed by atoms with Crippen molar-refractivity contribution in [3.63, 3.8) is 0 Å². The SMILES string of the molecule is COc1ccc(CCNC(=O)CN2C(=O)N[C@@](C)(Cc3ccccc3OC)C2=O)cc1. The van der Waals surface area contributed by atoms with E-state index in [9.17, 15) is 14.4 Å². The number of para-hydroxylation sites is 1. The van der Waals surface area contributed by atoms with E-state index in [1.54, 1.807) is 27.2 Å². The van der Waals surface area contributed by atoms with Crippen LogP contribution < -0.4 is 20.1 Å². The van der Waals surface area contributed by atoms with Gasteiger partial charge in [-0.15, -0.1) is 0 Å². The zero-order chi connectivity index (χ0) is 22.4. The van der Waals surface area contributed by atoms with Crippen molar-refractivity contribution in [3.8, 4) is 11.5 Å². The molecule has 2 aromatic carbocycles. The first-order valence-electron chi connectivity index (χ1n) is 10.0. The molecule has 0 bridgehead atoms. The first-order valence-corrected chi connectivity index (χ1v) is 10.0. The van der Waals surface area contributed by atoms with E-state index in [4.69, 9.17) is 9.47 Å². The molecule has 0 saturated carbocycles. The minimum atomic E-state index is -1.14. The van der Waals surface area contributed by atoms with Gasteiger partial charge in [0.05, 0.1) is 14.2 Å². The molecule has 31 heavy (non-hydrogen) atoms. The Labute approximate surface area is 181 Å². The Hall–Kier alpha value is -3.55. The Morgan fingerprint density at radius 3 is 2.45 bits per heavy atom. The van der Waals surface area contributed by atoms with Crippen molar-refractivity contribution >= 4 is 17.8 Å².